The van der Waals surface area contributed by atoms with Gasteiger partial charge in [0.1, 0.15) is 0 Å². The molecule has 9 heteroatoms. The molecule has 7 nitrogen and oxygen atoms in total. The Kier molecular flexibility index (Phi) is 7.74. The SMILES string of the molecule is COc1ccc(NC(=O)CCNS(=O)(=O)c2ccc(Br)cc2)cc1OC1CCCC1. The van der Waals surface area contributed by atoms with Gasteiger partial charge in [-0.05, 0) is 62.1 Å². The highest BCUT2D eigenvalue weighted by atomic mass is 79.9. The van der Waals surface area contributed by atoms with Crippen LogP contribution in [0.5, 0.6) is 11.5 Å². The first-order valence-electron chi connectivity index (χ1n) is 9.77. The molecule has 0 aliphatic heterocycles. The van der Waals surface area contributed by atoms with Crippen LogP contribution in [0, 0.1) is 0 Å². The Morgan fingerprint density at radius 2 is 1.80 bits per heavy atom. The van der Waals surface area contributed by atoms with Gasteiger partial charge in [-0.3, -0.25) is 4.79 Å². The zero-order chi connectivity index (χ0) is 21.6. The van der Waals surface area contributed by atoms with Gasteiger partial charge in [0.25, 0.3) is 0 Å². The number of anilines is 1. The molecule has 2 aromatic rings. The largest absolute Gasteiger partial charge is 0.493 e. The Balaban J connectivity index is 1.54. The van der Waals surface area contributed by atoms with Crippen molar-refractivity contribution in [2.75, 3.05) is 19.0 Å². The molecular weight excluding hydrogens is 472 g/mol. The van der Waals surface area contributed by atoms with E-state index in [1.54, 1.807) is 37.4 Å². The van der Waals surface area contributed by atoms with E-state index < -0.39 is 10.0 Å². The summed E-state index contributed by atoms with van der Waals surface area (Å²) in [6.07, 6.45) is 4.49. The van der Waals surface area contributed by atoms with Crippen molar-refractivity contribution in [2.45, 2.75) is 43.1 Å². The van der Waals surface area contributed by atoms with E-state index in [9.17, 15) is 13.2 Å². The summed E-state index contributed by atoms with van der Waals surface area (Å²) in [5.41, 5.74) is 0.574. The van der Waals surface area contributed by atoms with Gasteiger partial charge in [-0.1, -0.05) is 15.9 Å². The number of benzene rings is 2. The second kappa shape index (κ2) is 10.3. The Hall–Kier alpha value is -2.10. The highest BCUT2D eigenvalue weighted by Gasteiger charge is 2.19. The smallest absolute Gasteiger partial charge is 0.240 e. The average molecular weight is 497 g/mol. The summed E-state index contributed by atoms with van der Waals surface area (Å²) in [6, 6.07) is 11.5. The molecule has 30 heavy (non-hydrogen) atoms. The van der Waals surface area contributed by atoms with Crippen molar-refractivity contribution in [3.8, 4) is 11.5 Å². The fourth-order valence-corrected chi connectivity index (χ4v) is 4.55. The third-order valence-corrected chi connectivity index (χ3v) is 6.82. The zero-order valence-electron chi connectivity index (χ0n) is 16.7. The van der Waals surface area contributed by atoms with Crippen molar-refractivity contribution < 1.29 is 22.7 Å². The molecule has 1 fully saturated rings. The molecule has 0 atom stereocenters. The molecule has 2 N–H and O–H groups in total. The minimum Gasteiger partial charge on any atom is -0.493 e. The number of hydrogen-bond donors (Lipinski definition) is 2. The maximum absolute atomic E-state index is 12.3. The molecule has 1 amide bonds. The van der Waals surface area contributed by atoms with Crippen LogP contribution in [0.15, 0.2) is 51.8 Å². The van der Waals surface area contributed by atoms with Crippen LogP contribution in [0.4, 0.5) is 5.69 Å². The van der Waals surface area contributed by atoms with E-state index in [1.165, 1.54) is 12.1 Å². The van der Waals surface area contributed by atoms with Gasteiger partial charge in [-0.2, -0.15) is 0 Å². The van der Waals surface area contributed by atoms with Gasteiger partial charge in [0.2, 0.25) is 15.9 Å². The number of methoxy groups -OCH3 is 1. The van der Waals surface area contributed by atoms with Crippen LogP contribution < -0.4 is 19.5 Å². The van der Waals surface area contributed by atoms with Crippen LogP contribution in [0.1, 0.15) is 32.1 Å². The molecule has 0 bridgehead atoms. The zero-order valence-corrected chi connectivity index (χ0v) is 19.1. The first-order chi connectivity index (χ1) is 14.4. The van der Waals surface area contributed by atoms with Crippen molar-refractivity contribution in [2.24, 2.45) is 0 Å². The topological polar surface area (TPSA) is 93.7 Å². The van der Waals surface area contributed by atoms with Gasteiger partial charge >= 0.3 is 0 Å². The lowest BCUT2D eigenvalue weighted by molar-refractivity contribution is -0.116. The number of carbonyl (C=O) groups excluding carboxylic acids is 1. The normalized spacial score (nSPS) is 14.5. The molecule has 2 aromatic carbocycles. The van der Waals surface area contributed by atoms with Crippen LogP contribution in [-0.2, 0) is 14.8 Å². The summed E-state index contributed by atoms with van der Waals surface area (Å²) in [6.45, 7) is -0.00812. The van der Waals surface area contributed by atoms with Gasteiger partial charge in [0, 0.05) is 29.2 Å². The van der Waals surface area contributed by atoms with Crippen molar-refractivity contribution in [1.29, 1.82) is 0 Å². The van der Waals surface area contributed by atoms with Crippen LogP contribution in [-0.4, -0.2) is 34.1 Å². The number of hydrogen-bond acceptors (Lipinski definition) is 5. The van der Waals surface area contributed by atoms with Crippen LogP contribution in [0.3, 0.4) is 0 Å². The van der Waals surface area contributed by atoms with Crippen molar-refractivity contribution >= 4 is 37.5 Å². The summed E-state index contributed by atoms with van der Waals surface area (Å²) in [4.78, 5) is 12.4. The molecule has 0 heterocycles. The van der Waals surface area contributed by atoms with Crippen LogP contribution in [0.25, 0.3) is 0 Å². The Morgan fingerprint density at radius 1 is 1.10 bits per heavy atom. The molecular formula is C21H25BrN2O5S. The van der Waals surface area contributed by atoms with Gasteiger partial charge in [-0.15, -0.1) is 0 Å². The summed E-state index contributed by atoms with van der Waals surface area (Å²) in [7, 11) is -2.09. The van der Waals surface area contributed by atoms with Crippen LogP contribution in [0.2, 0.25) is 0 Å². The van der Waals surface area contributed by atoms with Crippen molar-refractivity contribution in [3.05, 3.63) is 46.9 Å². The fourth-order valence-electron chi connectivity index (χ4n) is 3.25. The lowest BCUT2D eigenvalue weighted by atomic mass is 10.2. The quantitative estimate of drug-likeness (QED) is 0.545. The molecule has 1 aliphatic rings. The molecule has 1 aliphatic carbocycles. The van der Waals surface area contributed by atoms with E-state index in [0.717, 1.165) is 30.2 Å². The van der Waals surface area contributed by atoms with Gasteiger partial charge in [-0.25, -0.2) is 13.1 Å². The van der Waals surface area contributed by atoms with Gasteiger partial charge in [0.15, 0.2) is 11.5 Å². The summed E-state index contributed by atoms with van der Waals surface area (Å²) in [5.74, 6) is 0.908. The van der Waals surface area contributed by atoms with E-state index in [1.807, 2.05) is 0 Å². The lowest BCUT2D eigenvalue weighted by Gasteiger charge is -2.17. The number of rotatable bonds is 9. The van der Waals surface area contributed by atoms with Crippen LogP contribution >= 0.6 is 15.9 Å². The van der Waals surface area contributed by atoms with E-state index in [2.05, 4.69) is 26.0 Å². The first-order valence-corrected chi connectivity index (χ1v) is 12.0. The molecule has 0 spiro atoms. The molecule has 1 saturated carbocycles. The van der Waals surface area contributed by atoms with E-state index in [0.29, 0.717) is 17.2 Å². The number of carbonyl (C=O) groups is 1. The number of sulfonamides is 1. The van der Waals surface area contributed by atoms with Gasteiger partial charge < -0.3 is 14.8 Å². The predicted octanol–water partition coefficient (Wildman–Crippen LogP) is 4.09. The molecule has 3 rings (SSSR count). The third-order valence-electron chi connectivity index (χ3n) is 4.81. The molecule has 0 unspecified atom stereocenters. The third kappa shape index (κ3) is 6.20. The standard InChI is InChI=1S/C21H25BrN2O5S/c1-28-19-11-8-16(14-20(19)29-17-4-2-3-5-17)24-21(25)12-13-23-30(26,27)18-9-6-15(22)7-10-18/h6-11,14,17,23H,2-5,12-13H2,1H3,(H,24,25). The summed E-state index contributed by atoms with van der Waals surface area (Å²) in [5, 5.41) is 2.78. The second-order valence-corrected chi connectivity index (χ2v) is 9.72. The lowest BCUT2D eigenvalue weighted by Crippen LogP contribution is -2.27. The minimum absolute atomic E-state index is 0.000598. The van der Waals surface area contributed by atoms with Crippen molar-refractivity contribution in [3.63, 3.8) is 0 Å². The molecule has 162 valence electrons. The minimum atomic E-state index is -3.66. The summed E-state index contributed by atoms with van der Waals surface area (Å²) < 4.78 is 39.2. The number of halogens is 1. The number of nitrogens with one attached hydrogen (secondary N) is 2. The summed E-state index contributed by atoms with van der Waals surface area (Å²) >= 11 is 3.27. The maximum Gasteiger partial charge on any atom is 0.240 e. The molecule has 0 saturated heterocycles. The molecule has 0 aromatic heterocycles. The highest BCUT2D eigenvalue weighted by Crippen LogP contribution is 2.33. The monoisotopic (exact) mass is 496 g/mol. The van der Waals surface area contributed by atoms with Gasteiger partial charge in [0.05, 0.1) is 18.1 Å². The second-order valence-electron chi connectivity index (χ2n) is 7.04. The predicted molar refractivity (Wildman–Crippen MR) is 118 cm³/mol. The Bertz CT molecular complexity index is 973. The fraction of sp³-hybridized carbons (Fsp3) is 0.381. The van der Waals surface area contributed by atoms with Crippen molar-refractivity contribution in [1.82, 2.24) is 4.72 Å². The van der Waals surface area contributed by atoms with E-state index in [4.69, 9.17) is 9.47 Å². The van der Waals surface area contributed by atoms with E-state index in [-0.39, 0.29) is 29.9 Å². The average Bonchev–Trinajstić information content (AvgIpc) is 3.21. The Morgan fingerprint density at radius 3 is 2.47 bits per heavy atom. The molecule has 0 radical (unpaired) electrons. The number of ether oxygens (including phenoxy) is 2. The Labute approximate surface area is 185 Å². The van der Waals surface area contributed by atoms with E-state index >= 15 is 0 Å². The maximum atomic E-state index is 12.3. The number of amides is 1. The first kappa shape index (κ1) is 22.6. The highest BCUT2D eigenvalue weighted by molar-refractivity contribution is 9.10.